The lowest BCUT2D eigenvalue weighted by Crippen LogP contribution is -2.28. The second-order valence-corrected chi connectivity index (χ2v) is 3.91. The number of nitrogen functional groups attached to an aromatic ring is 1. The van der Waals surface area contributed by atoms with Crippen molar-refractivity contribution >= 4 is 17.8 Å². The van der Waals surface area contributed by atoms with Crippen molar-refractivity contribution in [1.82, 2.24) is 15.0 Å². The molecule has 0 aliphatic heterocycles. The molecular formula is C12H22N6. The van der Waals surface area contributed by atoms with E-state index in [1.165, 1.54) is 0 Å². The molecule has 0 saturated heterocycles. The van der Waals surface area contributed by atoms with Crippen molar-refractivity contribution in [3.63, 3.8) is 0 Å². The van der Waals surface area contributed by atoms with Crippen LogP contribution in [0.4, 0.5) is 17.8 Å². The molecule has 0 bridgehead atoms. The van der Waals surface area contributed by atoms with Crippen LogP contribution in [0.1, 0.15) is 26.7 Å². The van der Waals surface area contributed by atoms with E-state index in [1.54, 1.807) is 0 Å². The summed E-state index contributed by atoms with van der Waals surface area (Å²) in [5.41, 5.74) is 5.70. The highest BCUT2D eigenvalue weighted by atomic mass is 15.3. The maximum absolute atomic E-state index is 5.70. The average molecular weight is 250 g/mol. The van der Waals surface area contributed by atoms with Gasteiger partial charge in [0, 0.05) is 19.6 Å². The van der Waals surface area contributed by atoms with E-state index < -0.39 is 0 Å². The topological polar surface area (TPSA) is 80.0 Å². The maximum Gasteiger partial charge on any atom is 0.231 e. The highest BCUT2D eigenvalue weighted by Crippen LogP contribution is 2.12. The zero-order valence-corrected chi connectivity index (χ0v) is 11.2. The Hall–Kier alpha value is -1.85. The fourth-order valence-corrected chi connectivity index (χ4v) is 1.59. The van der Waals surface area contributed by atoms with Crippen LogP contribution >= 0.6 is 0 Å². The SMILES string of the molecule is C=CCCN(CCC)c1nc(N)nc(NCC)n1. The molecule has 3 N–H and O–H groups in total. The number of nitrogens with two attached hydrogens (primary N) is 1. The Labute approximate surface area is 108 Å². The minimum absolute atomic E-state index is 0.246. The minimum Gasteiger partial charge on any atom is -0.368 e. The molecule has 100 valence electrons. The molecule has 6 heteroatoms. The summed E-state index contributed by atoms with van der Waals surface area (Å²) in [5, 5.41) is 3.05. The van der Waals surface area contributed by atoms with Crippen LogP contribution in [-0.2, 0) is 0 Å². The van der Waals surface area contributed by atoms with Gasteiger partial charge in [-0.3, -0.25) is 0 Å². The quantitative estimate of drug-likeness (QED) is 0.683. The summed E-state index contributed by atoms with van der Waals surface area (Å²) < 4.78 is 0. The van der Waals surface area contributed by atoms with Crippen LogP contribution in [0.25, 0.3) is 0 Å². The monoisotopic (exact) mass is 250 g/mol. The fourth-order valence-electron chi connectivity index (χ4n) is 1.59. The molecule has 0 aliphatic carbocycles. The zero-order valence-electron chi connectivity index (χ0n) is 11.2. The largest absolute Gasteiger partial charge is 0.368 e. The molecule has 1 aromatic rings. The number of hydrogen-bond acceptors (Lipinski definition) is 6. The third kappa shape index (κ3) is 4.20. The van der Waals surface area contributed by atoms with Crippen molar-refractivity contribution in [3.8, 4) is 0 Å². The predicted molar refractivity (Wildman–Crippen MR) is 75.7 cm³/mol. The van der Waals surface area contributed by atoms with Gasteiger partial charge in [0.25, 0.3) is 0 Å². The summed E-state index contributed by atoms with van der Waals surface area (Å²) in [5.74, 6) is 1.40. The van der Waals surface area contributed by atoms with E-state index in [-0.39, 0.29) is 5.95 Å². The fraction of sp³-hybridized carbons (Fsp3) is 0.583. The summed E-state index contributed by atoms with van der Waals surface area (Å²) in [6.45, 7) is 10.3. The van der Waals surface area contributed by atoms with Crippen LogP contribution in [0.15, 0.2) is 12.7 Å². The lowest BCUT2D eigenvalue weighted by Gasteiger charge is -2.21. The summed E-state index contributed by atoms with van der Waals surface area (Å²) >= 11 is 0. The van der Waals surface area contributed by atoms with Gasteiger partial charge in [-0.15, -0.1) is 6.58 Å². The maximum atomic E-state index is 5.70. The summed E-state index contributed by atoms with van der Waals surface area (Å²) in [6.07, 6.45) is 3.81. The Morgan fingerprint density at radius 2 is 2.06 bits per heavy atom. The van der Waals surface area contributed by atoms with E-state index in [4.69, 9.17) is 5.73 Å². The molecule has 18 heavy (non-hydrogen) atoms. The van der Waals surface area contributed by atoms with Crippen molar-refractivity contribution in [2.24, 2.45) is 0 Å². The first-order valence-corrected chi connectivity index (χ1v) is 6.32. The molecule has 1 aromatic heterocycles. The molecule has 0 unspecified atom stereocenters. The number of rotatable bonds is 8. The lowest BCUT2D eigenvalue weighted by atomic mass is 10.3. The van der Waals surface area contributed by atoms with Crippen molar-refractivity contribution in [3.05, 3.63) is 12.7 Å². The van der Waals surface area contributed by atoms with E-state index in [0.29, 0.717) is 11.9 Å². The Kier molecular flexibility index (Phi) is 5.90. The molecule has 0 radical (unpaired) electrons. The van der Waals surface area contributed by atoms with Gasteiger partial charge in [0.2, 0.25) is 17.8 Å². The molecule has 1 heterocycles. The Balaban J connectivity index is 2.90. The number of hydrogen-bond donors (Lipinski definition) is 2. The van der Waals surface area contributed by atoms with Gasteiger partial charge in [0.05, 0.1) is 0 Å². The molecular weight excluding hydrogens is 228 g/mol. The van der Waals surface area contributed by atoms with E-state index >= 15 is 0 Å². The van der Waals surface area contributed by atoms with Gasteiger partial charge >= 0.3 is 0 Å². The van der Waals surface area contributed by atoms with Crippen molar-refractivity contribution in [2.75, 3.05) is 35.6 Å². The number of aromatic nitrogens is 3. The van der Waals surface area contributed by atoms with Crippen LogP contribution in [-0.4, -0.2) is 34.6 Å². The van der Waals surface area contributed by atoms with E-state index in [9.17, 15) is 0 Å². The number of anilines is 3. The smallest absolute Gasteiger partial charge is 0.231 e. The number of nitrogens with zero attached hydrogens (tertiary/aromatic N) is 4. The molecule has 0 spiro atoms. The van der Waals surface area contributed by atoms with Gasteiger partial charge in [-0.05, 0) is 19.8 Å². The first-order valence-electron chi connectivity index (χ1n) is 6.32. The highest BCUT2D eigenvalue weighted by molar-refractivity contribution is 5.41. The molecule has 0 atom stereocenters. The summed E-state index contributed by atoms with van der Waals surface area (Å²) in [7, 11) is 0. The van der Waals surface area contributed by atoms with Gasteiger partial charge in [0.15, 0.2) is 0 Å². The zero-order chi connectivity index (χ0) is 13.4. The first-order chi connectivity index (χ1) is 8.71. The molecule has 6 nitrogen and oxygen atoms in total. The summed E-state index contributed by atoms with van der Waals surface area (Å²) in [6, 6.07) is 0. The van der Waals surface area contributed by atoms with Gasteiger partial charge < -0.3 is 16.0 Å². The van der Waals surface area contributed by atoms with Crippen LogP contribution < -0.4 is 16.0 Å². The number of nitrogens with one attached hydrogen (secondary N) is 1. The van der Waals surface area contributed by atoms with Crippen LogP contribution in [0.2, 0.25) is 0 Å². The lowest BCUT2D eigenvalue weighted by molar-refractivity contribution is 0.736. The van der Waals surface area contributed by atoms with Gasteiger partial charge in [-0.25, -0.2) is 0 Å². The van der Waals surface area contributed by atoms with Crippen LogP contribution in [0.3, 0.4) is 0 Å². The highest BCUT2D eigenvalue weighted by Gasteiger charge is 2.11. The second kappa shape index (κ2) is 7.47. The van der Waals surface area contributed by atoms with E-state index in [0.717, 1.165) is 32.5 Å². The molecule has 0 amide bonds. The second-order valence-electron chi connectivity index (χ2n) is 3.91. The Morgan fingerprint density at radius 1 is 1.28 bits per heavy atom. The first kappa shape index (κ1) is 14.2. The molecule has 0 fully saturated rings. The van der Waals surface area contributed by atoms with Gasteiger partial charge in [-0.2, -0.15) is 15.0 Å². The van der Waals surface area contributed by atoms with Crippen molar-refractivity contribution in [1.29, 1.82) is 0 Å². The van der Waals surface area contributed by atoms with Gasteiger partial charge in [-0.1, -0.05) is 13.0 Å². The third-order valence-corrected chi connectivity index (χ3v) is 2.36. The normalized spacial score (nSPS) is 10.1. The molecule has 0 aromatic carbocycles. The third-order valence-electron chi connectivity index (χ3n) is 2.36. The van der Waals surface area contributed by atoms with E-state index in [1.807, 2.05) is 13.0 Å². The van der Waals surface area contributed by atoms with Crippen LogP contribution in [0.5, 0.6) is 0 Å². The van der Waals surface area contributed by atoms with Gasteiger partial charge in [0.1, 0.15) is 0 Å². The van der Waals surface area contributed by atoms with E-state index in [2.05, 4.69) is 38.7 Å². The average Bonchev–Trinajstić information content (AvgIpc) is 2.34. The predicted octanol–water partition coefficient (Wildman–Crippen LogP) is 1.68. The Bertz CT molecular complexity index is 379. The molecule has 0 aliphatic rings. The van der Waals surface area contributed by atoms with Crippen molar-refractivity contribution in [2.45, 2.75) is 26.7 Å². The molecule has 0 saturated carbocycles. The Morgan fingerprint density at radius 3 is 2.67 bits per heavy atom. The van der Waals surface area contributed by atoms with Crippen LogP contribution in [0, 0.1) is 0 Å². The summed E-state index contributed by atoms with van der Waals surface area (Å²) in [4.78, 5) is 14.7. The minimum atomic E-state index is 0.246. The standard InChI is InChI=1S/C12H22N6/c1-4-7-9-18(8-5-2)12-16-10(13)15-11(17-12)14-6-3/h4H,1,5-9H2,2-3H3,(H3,13,14,15,16,17). The van der Waals surface area contributed by atoms with Crippen molar-refractivity contribution < 1.29 is 0 Å². The molecule has 1 rings (SSSR count).